The van der Waals surface area contributed by atoms with Crippen LogP contribution < -0.4 is 15.2 Å². The molecular weight excluding hydrogens is 406 g/mol. The zero-order valence-corrected chi connectivity index (χ0v) is 16.8. The quantitative estimate of drug-likeness (QED) is 0.641. The Bertz CT molecular complexity index is 1060. The Kier molecular flexibility index (Phi) is 5.33. The van der Waals surface area contributed by atoms with Crippen molar-refractivity contribution in [1.29, 1.82) is 5.26 Å². The van der Waals surface area contributed by atoms with Crippen molar-refractivity contribution in [2.75, 3.05) is 20.0 Å². The van der Waals surface area contributed by atoms with Crippen LogP contribution in [0, 0.1) is 18.3 Å². The standard InChI is InChI=1S/C21H18BrN3O2/c1-12-19(14-6-4-5-7-17(14)26-2)20(15(11-23)21(24)25-12)13-8-9-18(27-3)16(22)10-13/h4-10H,1-3H3,(H2,24,25). The first-order valence-corrected chi connectivity index (χ1v) is 8.98. The van der Waals surface area contributed by atoms with E-state index in [-0.39, 0.29) is 5.82 Å². The van der Waals surface area contributed by atoms with E-state index in [0.29, 0.717) is 17.1 Å². The zero-order valence-electron chi connectivity index (χ0n) is 15.2. The molecule has 0 fully saturated rings. The highest BCUT2D eigenvalue weighted by atomic mass is 79.9. The van der Waals surface area contributed by atoms with E-state index in [1.807, 2.05) is 49.4 Å². The maximum atomic E-state index is 9.78. The van der Waals surface area contributed by atoms with Crippen LogP contribution in [0.25, 0.3) is 22.3 Å². The van der Waals surface area contributed by atoms with Crippen LogP contribution in [0.1, 0.15) is 11.3 Å². The summed E-state index contributed by atoms with van der Waals surface area (Å²) in [5.74, 6) is 1.61. The monoisotopic (exact) mass is 423 g/mol. The third-order valence-corrected chi connectivity index (χ3v) is 4.95. The molecule has 5 nitrogen and oxygen atoms in total. The molecule has 0 bridgehead atoms. The van der Waals surface area contributed by atoms with Crippen LogP contribution in [0.2, 0.25) is 0 Å². The van der Waals surface area contributed by atoms with Crippen LogP contribution in [0.15, 0.2) is 46.9 Å². The van der Waals surface area contributed by atoms with Crippen molar-refractivity contribution in [3.8, 4) is 39.8 Å². The van der Waals surface area contributed by atoms with E-state index in [9.17, 15) is 5.26 Å². The highest BCUT2D eigenvalue weighted by molar-refractivity contribution is 9.10. The maximum Gasteiger partial charge on any atom is 0.142 e. The van der Waals surface area contributed by atoms with E-state index >= 15 is 0 Å². The average Bonchev–Trinajstić information content (AvgIpc) is 2.67. The van der Waals surface area contributed by atoms with Crippen LogP contribution in [-0.2, 0) is 0 Å². The third-order valence-electron chi connectivity index (χ3n) is 4.33. The van der Waals surface area contributed by atoms with Crippen LogP contribution in [-0.4, -0.2) is 19.2 Å². The number of anilines is 1. The van der Waals surface area contributed by atoms with Crippen LogP contribution in [0.4, 0.5) is 5.82 Å². The molecule has 1 heterocycles. The first kappa shape index (κ1) is 18.7. The van der Waals surface area contributed by atoms with Gasteiger partial charge in [-0.2, -0.15) is 5.26 Å². The maximum absolute atomic E-state index is 9.78. The summed E-state index contributed by atoms with van der Waals surface area (Å²) >= 11 is 3.52. The van der Waals surface area contributed by atoms with Gasteiger partial charge in [-0.25, -0.2) is 4.98 Å². The number of nitrogens with zero attached hydrogens (tertiary/aromatic N) is 2. The molecular formula is C21H18BrN3O2. The van der Waals surface area contributed by atoms with Crippen LogP contribution in [0.5, 0.6) is 11.5 Å². The molecule has 0 atom stereocenters. The van der Waals surface area contributed by atoms with Crippen molar-refractivity contribution in [3.63, 3.8) is 0 Å². The van der Waals surface area contributed by atoms with E-state index in [4.69, 9.17) is 15.2 Å². The summed E-state index contributed by atoms with van der Waals surface area (Å²) in [5.41, 5.74) is 10.3. The summed E-state index contributed by atoms with van der Waals surface area (Å²) in [6.45, 7) is 1.88. The summed E-state index contributed by atoms with van der Waals surface area (Å²) in [4.78, 5) is 4.40. The van der Waals surface area contributed by atoms with Gasteiger partial charge in [-0.1, -0.05) is 24.3 Å². The summed E-state index contributed by atoms with van der Waals surface area (Å²) < 4.78 is 11.6. The SMILES string of the molecule is COc1ccc(-c2c(C#N)c(N)nc(C)c2-c2ccccc2OC)cc1Br. The van der Waals surface area contributed by atoms with Gasteiger partial charge in [0.2, 0.25) is 0 Å². The van der Waals surface area contributed by atoms with Crippen molar-refractivity contribution in [2.45, 2.75) is 6.92 Å². The lowest BCUT2D eigenvalue weighted by Gasteiger charge is -2.18. The summed E-state index contributed by atoms with van der Waals surface area (Å²) in [7, 11) is 3.23. The number of benzene rings is 2. The van der Waals surface area contributed by atoms with Gasteiger partial charge in [0.15, 0.2) is 0 Å². The number of nitrogens with two attached hydrogens (primary N) is 1. The van der Waals surface area contributed by atoms with Crippen molar-refractivity contribution in [1.82, 2.24) is 4.98 Å². The Morgan fingerprint density at radius 3 is 2.37 bits per heavy atom. The number of hydrogen-bond donors (Lipinski definition) is 1. The number of aromatic nitrogens is 1. The molecule has 0 amide bonds. The molecule has 0 saturated carbocycles. The first-order valence-electron chi connectivity index (χ1n) is 8.19. The van der Waals surface area contributed by atoms with Gasteiger partial charge in [-0.05, 0) is 46.6 Å². The van der Waals surface area contributed by atoms with E-state index in [1.165, 1.54) is 0 Å². The van der Waals surface area contributed by atoms with E-state index in [2.05, 4.69) is 27.0 Å². The number of rotatable bonds is 4. The van der Waals surface area contributed by atoms with Gasteiger partial charge in [-0.15, -0.1) is 0 Å². The number of aryl methyl sites for hydroxylation is 1. The molecule has 0 saturated heterocycles. The molecule has 3 rings (SSSR count). The van der Waals surface area contributed by atoms with Gasteiger partial charge in [0.25, 0.3) is 0 Å². The molecule has 0 spiro atoms. The fourth-order valence-corrected chi connectivity index (χ4v) is 3.67. The number of nitrogen functional groups attached to an aromatic ring is 1. The number of ether oxygens (including phenoxy) is 2. The van der Waals surface area contributed by atoms with Crippen LogP contribution in [0.3, 0.4) is 0 Å². The van der Waals surface area contributed by atoms with Crippen LogP contribution >= 0.6 is 15.9 Å². The zero-order chi connectivity index (χ0) is 19.6. The number of methoxy groups -OCH3 is 2. The number of halogens is 1. The molecule has 0 radical (unpaired) electrons. The second-order valence-corrected chi connectivity index (χ2v) is 6.72. The molecule has 27 heavy (non-hydrogen) atoms. The normalized spacial score (nSPS) is 10.3. The molecule has 2 N–H and O–H groups in total. The van der Waals surface area contributed by atoms with Gasteiger partial charge in [0.05, 0.1) is 18.7 Å². The second-order valence-electron chi connectivity index (χ2n) is 5.87. The predicted molar refractivity (Wildman–Crippen MR) is 110 cm³/mol. The van der Waals surface area contributed by atoms with E-state index in [0.717, 1.165) is 32.4 Å². The molecule has 2 aromatic carbocycles. The summed E-state index contributed by atoms with van der Waals surface area (Å²) in [6.07, 6.45) is 0. The van der Waals surface area contributed by atoms with Crippen molar-refractivity contribution in [3.05, 3.63) is 58.2 Å². The molecule has 0 aliphatic carbocycles. The molecule has 136 valence electrons. The van der Waals surface area contributed by atoms with E-state index < -0.39 is 0 Å². The summed E-state index contributed by atoms with van der Waals surface area (Å²) in [5, 5.41) is 9.78. The highest BCUT2D eigenvalue weighted by Gasteiger charge is 2.22. The lowest BCUT2D eigenvalue weighted by atomic mass is 9.89. The topological polar surface area (TPSA) is 81.2 Å². The lowest BCUT2D eigenvalue weighted by molar-refractivity contribution is 0.412. The second kappa shape index (κ2) is 7.68. The first-order chi connectivity index (χ1) is 13.0. The smallest absolute Gasteiger partial charge is 0.142 e. The predicted octanol–water partition coefficient (Wildman–Crippen LogP) is 4.96. The summed E-state index contributed by atoms with van der Waals surface area (Å²) in [6, 6.07) is 15.5. The van der Waals surface area contributed by atoms with Gasteiger partial charge < -0.3 is 15.2 Å². The average molecular weight is 424 g/mol. The highest BCUT2D eigenvalue weighted by Crippen LogP contribution is 2.43. The molecule has 6 heteroatoms. The fourth-order valence-electron chi connectivity index (χ4n) is 3.13. The van der Waals surface area contributed by atoms with Gasteiger partial charge >= 0.3 is 0 Å². The Morgan fingerprint density at radius 1 is 1.04 bits per heavy atom. The molecule has 3 aromatic rings. The van der Waals surface area contributed by atoms with Crippen molar-refractivity contribution < 1.29 is 9.47 Å². The molecule has 0 unspecified atom stereocenters. The number of para-hydroxylation sites is 1. The van der Waals surface area contributed by atoms with Gasteiger partial charge in [0, 0.05) is 22.4 Å². The van der Waals surface area contributed by atoms with Gasteiger partial charge in [0.1, 0.15) is 28.9 Å². The molecule has 0 aliphatic heterocycles. The Balaban J connectivity index is 2.42. The molecule has 1 aromatic heterocycles. The lowest BCUT2D eigenvalue weighted by Crippen LogP contribution is -2.04. The third kappa shape index (κ3) is 3.34. The number of hydrogen-bond acceptors (Lipinski definition) is 5. The minimum absolute atomic E-state index is 0.204. The van der Waals surface area contributed by atoms with Crippen molar-refractivity contribution >= 4 is 21.7 Å². The van der Waals surface area contributed by atoms with E-state index in [1.54, 1.807) is 14.2 Å². The fraction of sp³-hybridized carbons (Fsp3) is 0.143. The molecule has 0 aliphatic rings. The Hall–Kier alpha value is -3.04. The van der Waals surface area contributed by atoms with Gasteiger partial charge in [-0.3, -0.25) is 0 Å². The number of nitriles is 1. The minimum atomic E-state index is 0.204. The minimum Gasteiger partial charge on any atom is -0.496 e. The Morgan fingerprint density at radius 2 is 1.74 bits per heavy atom. The Labute approximate surface area is 166 Å². The van der Waals surface area contributed by atoms with Crippen molar-refractivity contribution in [2.24, 2.45) is 0 Å². The number of pyridine rings is 1. The largest absolute Gasteiger partial charge is 0.496 e.